The van der Waals surface area contributed by atoms with Gasteiger partial charge in [-0.1, -0.05) is 67.5 Å². The van der Waals surface area contributed by atoms with Crippen molar-refractivity contribution in [3.63, 3.8) is 0 Å². The summed E-state index contributed by atoms with van der Waals surface area (Å²) in [5, 5.41) is 21.3. The Bertz CT molecular complexity index is 906. The molecule has 0 radical (unpaired) electrons. The largest absolute Gasteiger partial charge is 0.507 e. The van der Waals surface area contributed by atoms with E-state index in [1.54, 1.807) is 12.4 Å². The molecule has 0 aromatic heterocycles. The topological polar surface area (TPSA) is 65.2 Å². The molecule has 2 aromatic carbocycles. The Morgan fingerprint density at radius 2 is 0.970 bits per heavy atom. The number of aromatic hydroxyl groups is 2. The van der Waals surface area contributed by atoms with Crippen molar-refractivity contribution in [2.24, 2.45) is 9.98 Å². The van der Waals surface area contributed by atoms with E-state index in [1.807, 2.05) is 12.1 Å². The first kappa shape index (κ1) is 26.6. The van der Waals surface area contributed by atoms with Crippen LogP contribution in [0, 0.1) is 0 Å². The highest BCUT2D eigenvalue weighted by molar-refractivity contribution is 5.85. The van der Waals surface area contributed by atoms with Crippen molar-refractivity contribution in [1.29, 1.82) is 0 Å². The quantitative estimate of drug-likeness (QED) is 0.290. The van der Waals surface area contributed by atoms with Crippen LogP contribution in [0.15, 0.2) is 34.3 Å². The fourth-order valence-corrected chi connectivity index (χ4v) is 3.73. The second kappa shape index (κ2) is 12.0. The maximum absolute atomic E-state index is 10.6. The van der Waals surface area contributed by atoms with Gasteiger partial charge in [-0.05, 0) is 64.5 Å². The maximum atomic E-state index is 10.6. The van der Waals surface area contributed by atoms with E-state index in [0.29, 0.717) is 36.4 Å². The van der Waals surface area contributed by atoms with Crippen LogP contribution in [-0.4, -0.2) is 35.7 Å². The molecule has 4 nitrogen and oxygen atoms in total. The maximum Gasteiger partial charge on any atom is 0.127 e. The van der Waals surface area contributed by atoms with Crippen LogP contribution < -0.4 is 0 Å². The lowest BCUT2D eigenvalue weighted by Crippen LogP contribution is -1.99. The summed E-state index contributed by atoms with van der Waals surface area (Å²) in [6.45, 7) is 18.3. The molecule has 0 unspecified atom stereocenters. The number of phenolic OH excluding ortho intramolecular Hbond substituents is 2. The normalized spacial score (nSPS) is 12.5. The van der Waals surface area contributed by atoms with Crippen molar-refractivity contribution in [1.82, 2.24) is 0 Å². The lowest BCUT2D eigenvalue weighted by atomic mass is 9.92. The first-order valence-corrected chi connectivity index (χ1v) is 12.3. The zero-order valence-electron chi connectivity index (χ0n) is 21.7. The monoisotopic (exact) mass is 450 g/mol. The van der Waals surface area contributed by atoms with Crippen molar-refractivity contribution in [3.8, 4) is 11.5 Å². The molecule has 0 aliphatic rings. The molecule has 2 rings (SSSR count). The van der Waals surface area contributed by atoms with E-state index in [2.05, 4.69) is 77.5 Å². The average Bonchev–Trinajstić information content (AvgIpc) is 2.74. The zero-order valence-corrected chi connectivity index (χ0v) is 21.7. The molecule has 0 heterocycles. The summed E-state index contributed by atoms with van der Waals surface area (Å²) in [5.74, 6) is 1.96. The summed E-state index contributed by atoms with van der Waals surface area (Å²) >= 11 is 0. The Morgan fingerprint density at radius 3 is 1.27 bits per heavy atom. The first-order valence-electron chi connectivity index (χ1n) is 12.3. The van der Waals surface area contributed by atoms with Crippen molar-refractivity contribution in [2.75, 3.05) is 13.1 Å². The van der Waals surface area contributed by atoms with Gasteiger partial charge in [0, 0.05) is 36.6 Å². The number of benzene rings is 2. The first-order chi connectivity index (χ1) is 15.5. The van der Waals surface area contributed by atoms with Crippen molar-refractivity contribution < 1.29 is 10.2 Å². The number of aliphatic imine (C=N–C) groups is 2. The zero-order chi connectivity index (χ0) is 24.7. The molecule has 2 aromatic rings. The number of hydrogen-bond donors (Lipinski definition) is 2. The molecule has 0 fully saturated rings. The molecular weight excluding hydrogens is 408 g/mol. The van der Waals surface area contributed by atoms with Gasteiger partial charge in [-0.25, -0.2) is 0 Å². The van der Waals surface area contributed by atoms with Crippen LogP contribution in [0.1, 0.15) is 119 Å². The van der Waals surface area contributed by atoms with E-state index in [1.165, 1.54) is 11.1 Å². The van der Waals surface area contributed by atoms with Gasteiger partial charge in [0.25, 0.3) is 0 Å². The third-order valence-electron chi connectivity index (χ3n) is 5.99. The van der Waals surface area contributed by atoms with E-state index >= 15 is 0 Å². The second-order valence-electron chi connectivity index (χ2n) is 10.1. The molecule has 0 saturated carbocycles. The van der Waals surface area contributed by atoms with Crippen molar-refractivity contribution in [3.05, 3.63) is 57.6 Å². The molecule has 2 N–H and O–H groups in total. The molecule has 0 bridgehead atoms. The van der Waals surface area contributed by atoms with Gasteiger partial charge in [0.2, 0.25) is 0 Å². The lowest BCUT2D eigenvalue weighted by Gasteiger charge is -2.15. The summed E-state index contributed by atoms with van der Waals surface area (Å²) in [6.07, 6.45) is 4.36. The van der Waals surface area contributed by atoms with E-state index in [4.69, 9.17) is 0 Å². The van der Waals surface area contributed by atoms with Crippen LogP contribution in [0.5, 0.6) is 11.5 Å². The van der Waals surface area contributed by atoms with Gasteiger partial charge >= 0.3 is 0 Å². The fourth-order valence-electron chi connectivity index (χ4n) is 3.73. The molecular formula is C29H42N2O2. The van der Waals surface area contributed by atoms with Gasteiger partial charge in [-0.2, -0.15) is 0 Å². The summed E-state index contributed by atoms with van der Waals surface area (Å²) in [5.41, 5.74) is 5.93. The van der Waals surface area contributed by atoms with Crippen molar-refractivity contribution in [2.45, 2.75) is 85.5 Å². The highest BCUT2D eigenvalue weighted by atomic mass is 16.3. The van der Waals surface area contributed by atoms with Crippen LogP contribution in [0.25, 0.3) is 0 Å². The number of phenols is 2. The number of nitrogens with zero attached hydrogens (tertiary/aromatic N) is 2. The van der Waals surface area contributed by atoms with E-state index < -0.39 is 0 Å². The molecule has 0 amide bonds. The Balaban J connectivity index is 2.04. The average molecular weight is 451 g/mol. The number of rotatable bonds is 10. The van der Waals surface area contributed by atoms with Crippen LogP contribution in [0.4, 0.5) is 0 Å². The Morgan fingerprint density at radius 1 is 0.606 bits per heavy atom. The van der Waals surface area contributed by atoms with E-state index in [-0.39, 0.29) is 11.8 Å². The second-order valence-corrected chi connectivity index (χ2v) is 10.1. The molecule has 0 atom stereocenters. The predicted octanol–water partition coefficient (Wildman–Crippen LogP) is 7.52. The standard InChI is InChI=1S/C29H42N2O2/c1-18(2)22-12-24(28(32)26(14-22)20(5)6)16-30-10-9-11-31-17-25-13-23(19(3)4)15-27(21(7)8)29(25)33/h12-21,32-33H,9-11H2,1-8H3. The van der Waals surface area contributed by atoms with Gasteiger partial charge in [-0.3, -0.25) is 9.98 Å². The minimum absolute atomic E-state index is 0.256. The summed E-state index contributed by atoms with van der Waals surface area (Å²) in [7, 11) is 0. The van der Waals surface area contributed by atoms with Crippen LogP contribution >= 0.6 is 0 Å². The van der Waals surface area contributed by atoms with Crippen LogP contribution in [0.3, 0.4) is 0 Å². The molecule has 0 saturated heterocycles. The fraction of sp³-hybridized carbons (Fsp3) is 0.517. The molecule has 0 aliphatic heterocycles. The third-order valence-corrected chi connectivity index (χ3v) is 5.99. The molecule has 0 aliphatic carbocycles. The Labute approximate surface area is 200 Å². The Hall–Kier alpha value is -2.62. The van der Waals surface area contributed by atoms with Gasteiger partial charge in [0.1, 0.15) is 11.5 Å². The summed E-state index contributed by atoms with van der Waals surface area (Å²) < 4.78 is 0. The number of hydrogen-bond acceptors (Lipinski definition) is 4. The highest BCUT2D eigenvalue weighted by Crippen LogP contribution is 2.33. The smallest absolute Gasteiger partial charge is 0.127 e. The molecule has 33 heavy (non-hydrogen) atoms. The highest BCUT2D eigenvalue weighted by Gasteiger charge is 2.14. The summed E-state index contributed by atoms with van der Waals surface area (Å²) in [6, 6.07) is 8.27. The van der Waals surface area contributed by atoms with Gasteiger partial charge in [-0.15, -0.1) is 0 Å². The minimum Gasteiger partial charge on any atom is -0.507 e. The van der Waals surface area contributed by atoms with E-state index in [0.717, 1.165) is 28.7 Å². The third kappa shape index (κ3) is 7.18. The van der Waals surface area contributed by atoms with Gasteiger partial charge in [0.05, 0.1) is 0 Å². The van der Waals surface area contributed by atoms with Gasteiger partial charge < -0.3 is 10.2 Å². The van der Waals surface area contributed by atoms with Crippen molar-refractivity contribution >= 4 is 12.4 Å². The van der Waals surface area contributed by atoms with Gasteiger partial charge in [0.15, 0.2) is 0 Å². The predicted molar refractivity (Wildman–Crippen MR) is 142 cm³/mol. The summed E-state index contributed by atoms with van der Waals surface area (Å²) in [4.78, 5) is 9.06. The van der Waals surface area contributed by atoms with Crippen LogP contribution in [0.2, 0.25) is 0 Å². The molecule has 180 valence electrons. The molecule has 4 heteroatoms. The molecule has 0 spiro atoms. The van der Waals surface area contributed by atoms with Crippen LogP contribution in [-0.2, 0) is 0 Å². The SMILES string of the molecule is CC(C)c1cc(C=NCCCN=Cc2cc(C(C)C)cc(C(C)C)c2O)c(O)c(C(C)C)c1. The minimum atomic E-state index is 0.256. The van der Waals surface area contributed by atoms with E-state index in [9.17, 15) is 10.2 Å². The lowest BCUT2D eigenvalue weighted by molar-refractivity contribution is 0.463. The Kier molecular flexibility index (Phi) is 9.70.